The molecule has 0 saturated carbocycles. The Bertz CT molecular complexity index is 824. The van der Waals surface area contributed by atoms with Gasteiger partial charge in [-0.3, -0.25) is 10.1 Å². The monoisotopic (exact) mass is 302 g/mol. The minimum absolute atomic E-state index is 0.0627. The van der Waals surface area contributed by atoms with Crippen molar-refractivity contribution in [3.05, 3.63) is 46.0 Å². The van der Waals surface area contributed by atoms with Gasteiger partial charge in [0.05, 0.1) is 14.8 Å². The minimum Gasteiger partial charge on any atom is -0.391 e. The van der Waals surface area contributed by atoms with Crippen molar-refractivity contribution < 1.29 is 9.45 Å². The van der Waals surface area contributed by atoms with E-state index >= 15 is 0 Å². The quantitative estimate of drug-likeness (QED) is 0.587. The van der Waals surface area contributed by atoms with Gasteiger partial charge in [0, 0.05) is 6.07 Å². The molecule has 8 heteroatoms. The van der Waals surface area contributed by atoms with Gasteiger partial charge in [0.1, 0.15) is 5.56 Å². The van der Waals surface area contributed by atoms with Gasteiger partial charge in [0.25, 0.3) is 11.6 Å². The van der Waals surface area contributed by atoms with E-state index < -0.39 is 4.92 Å². The van der Waals surface area contributed by atoms with Crippen LogP contribution in [0.15, 0.2) is 34.9 Å². The Morgan fingerprint density at radius 1 is 1.38 bits per heavy atom. The molecule has 0 saturated heterocycles. The number of aryl methyl sites for hydroxylation is 1. The van der Waals surface area contributed by atoms with E-state index in [0.29, 0.717) is 16.5 Å². The molecule has 0 aliphatic rings. The molecule has 0 aliphatic carbocycles. The van der Waals surface area contributed by atoms with Crippen molar-refractivity contribution in [1.29, 1.82) is 0 Å². The summed E-state index contributed by atoms with van der Waals surface area (Å²) in [6.45, 7) is 1.89. The highest BCUT2D eigenvalue weighted by atomic mass is 32.1. The first-order valence-corrected chi connectivity index (χ1v) is 6.81. The summed E-state index contributed by atoms with van der Waals surface area (Å²) in [6.07, 6.45) is 0. The molecular formula is C13H10N4O3S. The minimum atomic E-state index is -0.472. The lowest BCUT2D eigenvalue weighted by molar-refractivity contribution is -0.384. The van der Waals surface area contributed by atoms with Crippen molar-refractivity contribution in [2.24, 2.45) is 0 Å². The molecule has 106 valence electrons. The van der Waals surface area contributed by atoms with Crippen LogP contribution < -0.4 is 5.73 Å². The van der Waals surface area contributed by atoms with Gasteiger partial charge in [-0.05, 0) is 24.6 Å². The van der Waals surface area contributed by atoms with Crippen LogP contribution in [0.25, 0.3) is 22.2 Å². The normalized spacial score (nSPS) is 10.7. The number of anilines is 1. The molecule has 3 rings (SSSR count). The van der Waals surface area contributed by atoms with Gasteiger partial charge >= 0.3 is 0 Å². The average Bonchev–Trinajstić information content (AvgIpc) is 3.05. The zero-order chi connectivity index (χ0) is 15.0. The van der Waals surface area contributed by atoms with Gasteiger partial charge < -0.3 is 10.3 Å². The van der Waals surface area contributed by atoms with E-state index in [4.69, 9.17) is 10.3 Å². The molecule has 1 aromatic carbocycles. The van der Waals surface area contributed by atoms with Gasteiger partial charge in [-0.15, -0.1) is 11.3 Å². The second-order valence-corrected chi connectivity index (χ2v) is 5.44. The Kier molecular flexibility index (Phi) is 3.15. The number of nitrogens with two attached hydrogens (primary N) is 1. The molecule has 7 nitrogen and oxygen atoms in total. The van der Waals surface area contributed by atoms with Crippen molar-refractivity contribution in [1.82, 2.24) is 10.1 Å². The summed E-state index contributed by atoms with van der Waals surface area (Å²) in [5, 5.41) is 15.5. The molecule has 0 fully saturated rings. The summed E-state index contributed by atoms with van der Waals surface area (Å²) < 4.78 is 5.21. The molecule has 0 aliphatic heterocycles. The van der Waals surface area contributed by atoms with E-state index in [1.165, 1.54) is 17.4 Å². The van der Waals surface area contributed by atoms with Crippen LogP contribution in [0.3, 0.4) is 0 Å². The first-order valence-electron chi connectivity index (χ1n) is 6.00. The van der Waals surface area contributed by atoms with Crippen LogP contribution in [-0.4, -0.2) is 15.1 Å². The Morgan fingerprint density at radius 2 is 2.14 bits per heavy atom. The molecule has 0 radical (unpaired) electrons. The highest BCUT2D eigenvalue weighted by Gasteiger charge is 2.21. The van der Waals surface area contributed by atoms with Crippen molar-refractivity contribution >= 4 is 22.0 Å². The highest BCUT2D eigenvalue weighted by molar-refractivity contribution is 7.19. The summed E-state index contributed by atoms with van der Waals surface area (Å²) in [6, 6.07) is 8.08. The van der Waals surface area contributed by atoms with Gasteiger partial charge in [0.2, 0.25) is 5.82 Å². The molecule has 0 spiro atoms. The number of hydrogen-bond acceptors (Lipinski definition) is 7. The number of hydrogen-bond donors (Lipinski definition) is 1. The largest absolute Gasteiger partial charge is 0.391 e. The fourth-order valence-corrected chi connectivity index (χ4v) is 2.83. The molecule has 2 aromatic heterocycles. The van der Waals surface area contributed by atoms with Crippen molar-refractivity contribution in [2.75, 3.05) is 5.73 Å². The number of para-hydroxylation sites is 1. The Balaban J connectivity index is 2.07. The fourth-order valence-electron chi connectivity index (χ4n) is 1.97. The second-order valence-electron chi connectivity index (χ2n) is 4.36. The van der Waals surface area contributed by atoms with Crippen molar-refractivity contribution in [3.63, 3.8) is 0 Å². The average molecular weight is 302 g/mol. The van der Waals surface area contributed by atoms with E-state index in [1.54, 1.807) is 18.2 Å². The zero-order valence-electron chi connectivity index (χ0n) is 10.9. The lowest BCUT2D eigenvalue weighted by Gasteiger charge is -1.96. The van der Waals surface area contributed by atoms with Crippen LogP contribution in [0, 0.1) is 17.0 Å². The van der Waals surface area contributed by atoms with Crippen LogP contribution in [0.2, 0.25) is 0 Å². The molecule has 2 N–H and O–H groups in total. The maximum Gasteiger partial charge on any atom is 0.280 e. The molecule has 0 atom stereocenters. The standard InChI is InChI=1S/C13H10N4O3S/c1-7-6-10(14)21-11(7)13-15-12(16-20-13)8-4-2-3-5-9(8)17(18)19/h2-6H,14H2,1H3. The van der Waals surface area contributed by atoms with E-state index in [-0.39, 0.29) is 11.5 Å². The van der Waals surface area contributed by atoms with Crippen LogP contribution in [0.1, 0.15) is 5.56 Å². The predicted molar refractivity (Wildman–Crippen MR) is 78.9 cm³/mol. The van der Waals surface area contributed by atoms with E-state index in [2.05, 4.69) is 10.1 Å². The lowest BCUT2D eigenvalue weighted by atomic mass is 10.2. The summed E-state index contributed by atoms with van der Waals surface area (Å²) in [4.78, 5) is 15.6. The summed E-state index contributed by atoms with van der Waals surface area (Å²) in [5.74, 6) is 0.492. The SMILES string of the molecule is Cc1cc(N)sc1-c1nc(-c2ccccc2[N+](=O)[O-])no1. The van der Waals surface area contributed by atoms with Crippen LogP contribution in [0.5, 0.6) is 0 Å². The Labute approximate surface area is 123 Å². The summed E-state index contributed by atoms with van der Waals surface area (Å²) >= 11 is 1.33. The third-order valence-electron chi connectivity index (χ3n) is 2.90. The third-order valence-corrected chi connectivity index (χ3v) is 3.95. The van der Waals surface area contributed by atoms with Gasteiger partial charge in [-0.2, -0.15) is 4.98 Å². The molecule has 21 heavy (non-hydrogen) atoms. The number of nitro groups is 1. The molecule has 0 bridgehead atoms. The van der Waals surface area contributed by atoms with Crippen LogP contribution in [0.4, 0.5) is 10.7 Å². The van der Waals surface area contributed by atoms with E-state index in [9.17, 15) is 10.1 Å². The van der Waals surface area contributed by atoms with Crippen molar-refractivity contribution in [3.8, 4) is 22.2 Å². The maximum absolute atomic E-state index is 11.0. The third kappa shape index (κ3) is 2.36. The number of aromatic nitrogens is 2. The van der Waals surface area contributed by atoms with Crippen molar-refractivity contribution in [2.45, 2.75) is 6.92 Å². The molecule has 2 heterocycles. The maximum atomic E-state index is 11.0. The highest BCUT2D eigenvalue weighted by Crippen LogP contribution is 2.35. The topological polar surface area (TPSA) is 108 Å². The van der Waals surface area contributed by atoms with Gasteiger partial charge in [-0.25, -0.2) is 0 Å². The zero-order valence-corrected chi connectivity index (χ0v) is 11.8. The first-order chi connectivity index (χ1) is 10.1. The number of nitro benzene ring substituents is 1. The van der Waals surface area contributed by atoms with Gasteiger partial charge in [0.15, 0.2) is 0 Å². The number of nitrogens with zero attached hydrogens (tertiary/aromatic N) is 3. The number of thiophene rings is 1. The molecule has 0 unspecified atom stereocenters. The van der Waals surface area contributed by atoms with Crippen LogP contribution in [-0.2, 0) is 0 Å². The van der Waals surface area contributed by atoms with E-state index in [0.717, 1.165) is 10.4 Å². The predicted octanol–water partition coefficient (Wildman–Crippen LogP) is 3.26. The molecular weight excluding hydrogens is 292 g/mol. The smallest absolute Gasteiger partial charge is 0.280 e. The summed E-state index contributed by atoms with van der Waals surface area (Å²) in [7, 11) is 0. The Morgan fingerprint density at radius 3 is 2.81 bits per heavy atom. The second kappa shape index (κ2) is 4.98. The molecule has 3 aromatic rings. The number of rotatable bonds is 3. The summed E-state index contributed by atoms with van der Waals surface area (Å²) in [5.41, 5.74) is 6.92. The first kappa shape index (κ1) is 13.3. The molecule has 0 amide bonds. The van der Waals surface area contributed by atoms with Gasteiger partial charge in [-0.1, -0.05) is 17.3 Å². The lowest BCUT2D eigenvalue weighted by Crippen LogP contribution is -1.92. The fraction of sp³-hybridized carbons (Fsp3) is 0.0769. The Hall–Kier alpha value is -2.74. The van der Waals surface area contributed by atoms with Crippen LogP contribution >= 0.6 is 11.3 Å². The number of nitrogen functional groups attached to an aromatic ring is 1. The van der Waals surface area contributed by atoms with E-state index in [1.807, 2.05) is 13.0 Å². The number of benzene rings is 1.